The van der Waals surface area contributed by atoms with Crippen molar-refractivity contribution in [3.8, 4) is 0 Å². The number of hydrogen-bond donors (Lipinski definition) is 0. The molecule has 4 nitrogen and oxygen atoms in total. The quantitative estimate of drug-likeness (QED) is 0.619. The van der Waals surface area contributed by atoms with E-state index in [1.54, 1.807) is 6.92 Å². The van der Waals surface area contributed by atoms with Gasteiger partial charge in [0, 0.05) is 6.92 Å². The highest BCUT2D eigenvalue weighted by Gasteiger charge is 2.19. The van der Waals surface area contributed by atoms with E-state index < -0.39 is 17.9 Å². The largest absolute Gasteiger partial charge is 0.362 e. The molecule has 4 heteroatoms. The molecule has 0 saturated heterocycles. The minimum atomic E-state index is -0.646. The van der Waals surface area contributed by atoms with Crippen LogP contribution in [0.4, 0.5) is 0 Å². The Balaban J connectivity index is 2.64. The maximum absolute atomic E-state index is 11.6. The second kappa shape index (κ2) is 6.92. The fourth-order valence-corrected chi connectivity index (χ4v) is 1.72. The Morgan fingerprint density at radius 2 is 1.63 bits per heavy atom. The lowest BCUT2D eigenvalue weighted by molar-refractivity contribution is -0.258. The van der Waals surface area contributed by atoms with Crippen molar-refractivity contribution < 1.29 is 19.4 Å². The van der Waals surface area contributed by atoms with Crippen LogP contribution in [-0.2, 0) is 25.8 Å². The average Bonchev–Trinajstić information content (AvgIpc) is 2.35. The van der Waals surface area contributed by atoms with E-state index in [0.717, 1.165) is 12.0 Å². The third-order valence-electron chi connectivity index (χ3n) is 2.72. The summed E-state index contributed by atoms with van der Waals surface area (Å²) in [5.41, 5.74) is 2.07. The van der Waals surface area contributed by atoms with E-state index in [-0.39, 0.29) is 0 Å². The first-order valence-electron chi connectivity index (χ1n) is 6.38. The van der Waals surface area contributed by atoms with Gasteiger partial charge in [0.1, 0.15) is 0 Å². The fourth-order valence-electron chi connectivity index (χ4n) is 1.72. The van der Waals surface area contributed by atoms with Crippen molar-refractivity contribution in [1.82, 2.24) is 0 Å². The predicted molar refractivity (Wildman–Crippen MR) is 71.3 cm³/mol. The highest BCUT2D eigenvalue weighted by atomic mass is 17.2. The summed E-state index contributed by atoms with van der Waals surface area (Å²) in [5, 5.41) is 0. The van der Waals surface area contributed by atoms with E-state index in [1.807, 2.05) is 24.3 Å². The standard InChI is InChI=1S/C15H20O4/c1-10(2)9-13-5-7-14(8-6-13)11(3)15(17)19-18-12(4)16/h5-8,10-11H,9H2,1-4H3. The van der Waals surface area contributed by atoms with Gasteiger partial charge in [-0.3, -0.25) is 0 Å². The summed E-state index contributed by atoms with van der Waals surface area (Å²) in [4.78, 5) is 30.8. The molecule has 19 heavy (non-hydrogen) atoms. The van der Waals surface area contributed by atoms with Crippen molar-refractivity contribution in [2.75, 3.05) is 0 Å². The zero-order valence-corrected chi connectivity index (χ0v) is 11.8. The molecular weight excluding hydrogens is 244 g/mol. The Bertz CT molecular complexity index is 434. The third kappa shape index (κ3) is 5.12. The van der Waals surface area contributed by atoms with E-state index in [1.165, 1.54) is 12.5 Å². The Labute approximate surface area is 113 Å². The van der Waals surface area contributed by atoms with Gasteiger partial charge in [0.2, 0.25) is 0 Å². The minimum Gasteiger partial charge on any atom is -0.248 e. The SMILES string of the molecule is CC(=O)OOC(=O)C(C)c1ccc(CC(C)C)cc1. The van der Waals surface area contributed by atoms with Gasteiger partial charge < -0.3 is 0 Å². The number of carbonyl (C=O) groups is 2. The molecule has 0 aliphatic rings. The molecule has 1 unspecified atom stereocenters. The summed E-state index contributed by atoms with van der Waals surface area (Å²) in [6.07, 6.45) is 1.01. The van der Waals surface area contributed by atoms with Crippen LogP contribution in [0.15, 0.2) is 24.3 Å². The Morgan fingerprint density at radius 3 is 2.11 bits per heavy atom. The van der Waals surface area contributed by atoms with Gasteiger partial charge in [0.05, 0.1) is 5.92 Å². The molecule has 1 atom stereocenters. The van der Waals surface area contributed by atoms with E-state index in [0.29, 0.717) is 5.92 Å². The summed E-state index contributed by atoms with van der Waals surface area (Å²) in [6, 6.07) is 7.81. The van der Waals surface area contributed by atoms with Crippen molar-refractivity contribution in [2.24, 2.45) is 5.92 Å². The molecule has 0 heterocycles. The topological polar surface area (TPSA) is 52.6 Å². The molecule has 0 radical (unpaired) electrons. The molecule has 0 spiro atoms. The second-order valence-electron chi connectivity index (χ2n) is 5.04. The van der Waals surface area contributed by atoms with Gasteiger partial charge in [0.25, 0.3) is 0 Å². The van der Waals surface area contributed by atoms with E-state index >= 15 is 0 Å². The maximum Gasteiger partial charge on any atom is 0.362 e. The monoisotopic (exact) mass is 264 g/mol. The first-order valence-corrected chi connectivity index (χ1v) is 6.38. The van der Waals surface area contributed by atoms with Gasteiger partial charge >= 0.3 is 11.9 Å². The molecule has 0 bridgehead atoms. The van der Waals surface area contributed by atoms with Crippen molar-refractivity contribution in [1.29, 1.82) is 0 Å². The molecule has 0 fully saturated rings. The van der Waals surface area contributed by atoms with Crippen LogP contribution in [0.5, 0.6) is 0 Å². The first kappa shape index (κ1) is 15.2. The number of hydrogen-bond acceptors (Lipinski definition) is 4. The molecule has 0 aromatic heterocycles. The molecule has 0 saturated carbocycles. The molecule has 104 valence electrons. The lowest BCUT2D eigenvalue weighted by Crippen LogP contribution is -2.15. The summed E-state index contributed by atoms with van der Waals surface area (Å²) < 4.78 is 0. The van der Waals surface area contributed by atoms with Crippen molar-refractivity contribution >= 4 is 11.9 Å². The maximum atomic E-state index is 11.6. The summed E-state index contributed by atoms with van der Waals surface area (Å²) in [7, 11) is 0. The van der Waals surface area contributed by atoms with Crippen LogP contribution < -0.4 is 0 Å². The molecular formula is C15H20O4. The van der Waals surface area contributed by atoms with Crippen molar-refractivity contribution in [3.63, 3.8) is 0 Å². The minimum absolute atomic E-state index is 0.465. The number of carbonyl (C=O) groups excluding carboxylic acids is 2. The normalized spacial score (nSPS) is 12.1. The van der Waals surface area contributed by atoms with Crippen LogP contribution in [0.3, 0.4) is 0 Å². The predicted octanol–water partition coefficient (Wildman–Crippen LogP) is 3.01. The average molecular weight is 264 g/mol. The fraction of sp³-hybridized carbons (Fsp3) is 0.467. The Kier molecular flexibility index (Phi) is 5.55. The van der Waals surface area contributed by atoms with Crippen LogP contribution >= 0.6 is 0 Å². The summed E-state index contributed by atoms with van der Waals surface area (Å²) in [5.74, 6) is -1.09. The third-order valence-corrected chi connectivity index (χ3v) is 2.72. The Hall–Kier alpha value is -1.84. The molecule has 1 aromatic carbocycles. The molecule has 0 N–H and O–H groups in total. The first-order chi connectivity index (χ1) is 8.90. The number of benzene rings is 1. The van der Waals surface area contributed by atoms with Crippen LogP contribution in [-0.4, -0.2) is 11.9 Å². The molecule has 1 rings (SSSR count). The lowest BCUT2D eigenvalue weighted by atomic mass is 9.97. The van der Waals surface area contributed by atoms with Gasteiger partial charge in [-0.1, -0.05) is 38.1 Å². The van der Waals surface area contributed by atoms with Crippen molar-refractivity contribution in [2.45, 2.75) is 40.0 Å². The van der Waals surface area contributed by atoms with Gasteiger partial charge in [-0.2, -0.15) is 0 Å². The van der Waals surface area contributed by atoms with E-state index in [2.05, 4.69) is 23.6 Å². The van der Waals surface area contributed by atoms with E-state index in [9.17, 15) is 9.59 Å². The van der Waals surface area contributed by atoms with Gasteiger partial charge in [-0.15, -0.1) is 0 Å². The second-order valence-corrected chi connectivity index (χ2v) is 5.04. The highest BCUT2D eigenvalue weighted by molar-refractivity contribution is 5.78. The molecule has 0 aliphatic carbocycles. The summed E-state index contributed by atoms with van der Waals surface area (Å²) in [6.45, 7) is 7.21. The zero-order chi connectivity index (χ0) is 14.4. The van der Waals surface area contributed by atoms with Gasteiger partial charge in [-0.05, 0) is 30.4 Å². The van der Waals surface area contributed by atoms with E-state index in [4.69, 9.17) is 0 Å². The van der Waals surface area contributed by atoms with Gasteiger partial charge in [-0.25, -0.2) is 19.4 Å². The van der Waals surface area contributed by atoms with Crippen LogP contribution in [0.25, 0.3) is 0 Å². The van der Waals surface area contributed by atoms with Crippen LogP contribution in [0.1, 0.15) is 44.7 Å². The molecule has 0 amide bonds. The molecule has 0 aliphatic heterocycles. The smallest absolute Gasteiger partial charge is 0.248 e. The molecule has 1 aromatic rings. The lowest BCUT2D eigenvalue weighted by Gasteiger charge is -2.11. The number of rotatable bonds is 4. The van der Waals surface area contributed by atoms with Crippen LogP contribution in [0, 0.1) is 5.92 Å². The van der Waals surface area contributed by atoms with Gasteiger partial charge in [0.15, 0.2) is 0 Å². The van der Waals surface area contributed by atoms with Crippen molar-refractivity contribution in [3.05, 3.63) is 35.4 Å². The van der Waals surface area contributed by atoms with Crippen LogP contribution in [0.2, 0.25) is 0 Å². The zero-order valence-electron chi connectivity index (χ0n) is 11.8. The highest BCUT2D eigenvalue weighted by Crippen LogP contribution is 2.19. The summed E-state index contributed by atoms with van der Waals surface area (Å²) >= 11 is 0. The Morgan fingerprint density at radius 1 is 1.05 bits per heavy atom.